The van der Waals surface area contributed by atoms with Gasteiger partial charge in [-0.1, -0.05) is 194 Å². The number of nitrogens with zero attached hydrogens (tertiary/aromatic N) is 2. The molecule has 0 unspecified atom stereocenters. The van der Waals surface area contributed by atoms with Crippen molar-refractivity contribution in [1.82, 2.24) is 4.57 Å². The first-order valence-corrected chi connectivity index (χ1v) is 22.7. The zero-order valence-electron chi connectivity index (χ0n) is 36.3. The number of anilines is 3. The van der Waals surface area contributed by atoms with Crippen molar-refractivity contribution in [3.8, 4) is 61.3 Å². The molecule has 66 heavy (non-hydrogen) atoms. The topological polar surface area (TPSA) is 8.17 Å². The lowest BCUT2D eigenvalue weighted by Crippen LogP contribution is -2.10. The minimum atomic E-state index is 1.07. The first-order chi connectivity index (χ1) is 32.7. The van der Waals surface area contributed by atoms with Gasteiger partial charge in [0.05, 0.1) is 11.0 Å². The van der Waals surface area contributed by atoms with Gasteiger partial charge in [0.2, 0.25) is 0 Å². The summed E-state index contributed by atoms with van der Waals surface area (Å²) in [6.07, 6.45) is 0. The highest BCUT2D eigenvalue weighted by Gasteiger charge is 2.21. The van der Waals surface area contributed by atoms with Crippen LogP contribution in [0.4, 0.5) is 17.1 Å². The molecule has 11 aromatic carbocycles. The van der Waals surface area contributed by atoms with E-state index in [-0.39, 0.29) is 0 Å². The van der Waals surface area contributed by atoms with E-state index < -0.39 is 0 Å². The minimum Gasteiger partial charge on any atom is -0.310 e. The fourth-order valence-corrected chi connectivity index (χ4v) is 9.84. The van der Waals surface area contributed by atoms with Gasteiger partial charge in [-0.3, -0.25) is 0 Å². The molecule has 0 radical (unpaired) electrons. The molecule has 12 rings (SSSR count). The minimum absolute atomic E-state index is 1.07. The number of aromatic nitrogens is 1. The molecule has 12 aromatic rings. The largest absolute Gasteiger partial charge is 0.310 e. The molecule has 2 nitrogen and oxygen atoms in total. The van der Waals surface area contributed by atoms with Crippen molar-refractivity contribution in [2.24, 2.45) is 0 Å². The van der Waals surface area contributed by atoms with Gasteiger partial charge in [-0.2, -0.15) is 0 Å². The molecule has 2 heteroatoms. The van der Waals surface area contributed by atoms with Crippen LogP contribution in [0.1, 0.15) is 0 Å². The Kier molecular flexibility index (Phi) is 9.89. The fourth-order valence-electron chi connectivity index (χ4n) is 9.84. The average molecular weight is 841 g/mol. The smallest absolute Gasteiger partial charge is 0.0547 e. The molecule has 0 saturated heterocycles. The van der Waals surface area contributed by atoms with E-state index in [2.05, 4.69) is 276 Å². The summed E-state index contributed by atoms with van der Waals surface area (Å²) < 4.78 is 2.43. The van der Waals surface area contributed by atoms with Gasteiger partial charge in [-0.05, 0) is 139 Å². The number of benzene rings is 11. The summed E-state index contributed by atoms with van der Waals surface area (Å²) in [6, 6.07) is 97.0. The van der Waals surface area contributed by atoms with Crippen LogP contribution in [0.15, 0.2) is 267 Å². The first kappa shape index (κ1) is 38.9. The molecule has 0 bridgehead atoms. The molecule has 310 valence electrons. The van der Waals surface area contributed by atoms with Gasteiger partial charge in [0.15, 0.2) is 0 Å². The van der Waals surface area contributed by atoms with E-state index in [0.29, 0.717) is 0 Å². The SMILES string of the molecule is c1ccc(-c2cc(-c3ccccc3)cc(N(c3ccc(-c4ccccc4-c4ccccc4)cc3)c3cccc(-c4cccc5c4c4cc6ccccc6cc4n5-c4ccccc4)c3)c2)cc1. The summed E-state index contributed by atoms with van der Waals surface area (Å²) in [5, 5.41) is 4.94. The first-order valence-electron chi connectivity index (χ1n) is 22.7. The Balaban J connectivity index is 1.07. The Morgan fingerprint density at radius 1 is 0.258 bits per heavy atom. The third-order valence-electron chi connectivity index (χ3n) is 12.9. The van der Waals surface area contributed by atoms with E-state index in [1.165, 1.54) is 71.5 Å². The molecule has 0 N–H and O–H groups in total. The van der Waals surface area contributed by atoms with Crippen molar-refractivity contribution in [3.63, 3.8) is 0 Å². The number of hydrogen-bond acceptors (Lipinski definition) is 1. The Morgan fingerprint density at radius 2 is 0.742 bits per heavy atom. The number of rotatable bonds is 9. The molecule has 1 aromatic heterocycles. The van der Waals surface area contributed by atoms with Gasteiger partial charge in [-0.25, -0.2) is 0 Å². The second-order valence-corrected chi connectivity index (χ2v) is 16.9. The standard InChI is InChI=1S/C64H44N2/c1-5-19-45(20-6-1)52-39-53(46-21-7-2-8-22-46)42-57(41-52)65(55-37-35-48(36-38-55)59-32-16-15-31-58(59)47-23-9-3-10-24-47)56-30-17-27-51(40-56)60-33-18-34-62-64(60)61-43-49-25-13-14-26-50(49)44-63(61)66(62)54-28-11-4-12-29-54/h1-44H. The van der Waals surface area contributed by atoms with E-state index >= 15 is 0 Å². The van der Waals surface area contributed by atoms with Crippen LogP contribution in [0.2, 0.25) is 0 Å². The molecule has 0 spiro atoms. The van der Waals surface area contributed by atoms with Gasteiger partial charge in [0.1, 0.15) is 0 Å². The van der Waals surface area contributed by atoms with Gasteiger partial charge < -0.3 is 9.47 Å². The lowest BCUT2D eigenvalue weighted by molar-refractivity contribution is 1.18. The van der Waals surface area contributed by atoms with E-state index in [9.17, 15) is 0 Å². The summed E-state index contributed by atoms with van der Waals surface area (Å²) in [4.78, 5) is 2.43. The normalized spacial score (nSPS) is 11.3. The molecule has 0 aliphatic heterocycles. The maximum atomic E-state index is 2.43. The molecular formula is C64H44N2. The average Bonchev–Trinajstić information content (AvgIpc) is 3.72. The Morgan fingerprint density at radius 3 is 1.38 bits per heavy atom. The zero-order chi connectivity index (χ0) is 43.8. The summed E-state index contributed by atoms with van der Waals surface area (Å²) in [5.74, 6) is 0. The highest BCUT2D eigenvalue weighted by molar-refractivity contribution is 6.18. The van der Waals surface area contributed by atoms with Gasteiger partial charge in [0, 0.05) is 33.5 Å². The van der Waals surface area contributed by atoms with Crippen molar-refractivity contribution < 1.29 is 0 Å². The summed E-state index contributed by atoms with van der Waals surface area (Å²) in [7, 11) is 0. The molecule has 0 atom stereocenters. The van der Waals surface area contributed by atoms with Gasteiger partial charge in [-0.15, -0.1) is 0 Å². The van der Waals surface area contributed by atoms with Crippen LogP contribution in [0.25, 0.3) is 93.9 Å². The lowest BCUT2D eigenvalue weighted by Gasteiger charge is -2.28. The van der Waals surface area contributed by atoms with E-state index in [0.717, 1.165) is 39.4 Å². The van der Waals surface area contributed by atoms with Crippen LogP contribution in [-0.4, -0.2) is 4.57 Å². The zero-order valence-corrected chi connectivity index (χ0v) is 36.3. The maximum Gasteiger partial charge on any atom is 0.0547 e. The van der Waals surface area contributed by atoms with Crippen molar-refractivity contribution in [1.29, 1.82) is 0 Å². The Bertz CT molecular complexity index is 3610. The second kappa shape index (κ2) is 16.8. The maximum absolute atomic E-state index is 2.43. The highest BCUT2D eigenvalue weighted by atomic mass is 15.1. The molecule has 1 heterocycles. The van der Waals surface area contributed by atoms with Gasteiger partial charge in [0.25, 0.3) is 0 Å². The number of fused-ring (bicyclic) bond motifs is 4. The van der Waals surface area contributed by atoms with Crippen molar-refractivity contribution in [3.05, 3.63) is 267 Å². The summed E-state index contributed by atoms with van der Waals surface area (Å²) in [6.45, 7) is 0. The third-order valence-corrected chi connectivity index (χ3v) is 12.9. The summed E-state index contributed by atoms with van der Waals surface area (Å²) in [5.41, 5.74) is 18.6. The van der Waals surface area contributed by atoms with E-state index in [1.807, 2.05) is 0 Å². The quantitative estimate of drug-likeness (QED) is 0.141. The van der Waals surface area contributed by atoms with Gasteiger partial charge >= 0.3 is 0 Å². The predicted molar refractivity (Wildman–Crippen MR) is 280 cm³/mol. The van der Waals surface area contributed by atoms with Crippen molar-refractivity contribution in [2.45, 2.75) is 0 Å². The Labute approximate surface area is 385 Å². The predicted octanol–water partition coefficient (Wildman–Crippen LogP) is 17.7. The summed E-state index contributed by atoms with van der Waals surface area (Å²) >= 11 is 0. The van der Waals surface area contributed by atoms with E-state index in [1.54, 1.807) is 0 Å². The van der Waals surface area contributed by atoms with Crippen molar-refractivity contribution >= 4 is 49.6 Å². The third kappa shape index (κ3) is 7.12. The van der Waals surface area contributed by atoms with Crippen LogP contribution >= 0.6 is 0 Å². The number of hydrogen-bond donors (Lipinski definition) is 0. The van der Waals surface area contributed by atoms with Crippen LogP contribution < -0.4 is 4.90 Å². The van der Waals surface area contributed by atoms with Crippen LogP contribution in [0, 0.1) is 0 Å². The lowest BCUT2D eigenvalue weighted by atomic mass is 9.94. The van der Waals surface area contributed by atoms with Crippen LogP contribution in [0.3, 0.4) is 0 Å². The Hall–Kier alpha value is -8.72. The highest BCUT2D eigenvalue weighted by Crippen LogP contribution is 2.45. The van der Waals surface area contributed by atoms with Crippen LogP contribution in [-0.2, 0) is 0 Å². The molecule has 0 saturated carbocycles. The molecule has 0 fully saturated rings. The monoisotopic (exact) mass is 840 g/mol. The molecule has 0 aliphatic rings. The van der Waals surface area contributed by atoms with Crippen molar-refractivity contribution in [2.75, 3.05) is 4.90 Å². The molecule has 0 amide bonds. The fraction of sp³-hybridized carbons (Fsp3) is 0. The van der Waals surface area contributed by atoms with Crippen LogP contribution in [0.5, 0.6) is 0 Å². The molecular weight excluding hydrogens is 797 g/mol. The molecule has 0 aliphatic carbocycles. The number of para-hydroxylation sites is 1. The second-order valence-electron chi connectivity index (χ2n) is 16.9. The van der Waals surface area contributed by atoms with E-state index in [4.69, 9.17) is 0 Å².